The van der Waals surface area contributed by atoms with E-state index in [1.807, 2.05) is 51.1 Å². The summed E-state index contributed by atoms with van der Waals surface area (Å²) in [6, 6.07) is 18.7. The average Bonchev–Trinajstić information content (AvgIpc) is 3.15. The van der Waals surface area contributed by atoms with Gasteiger partial charge in [0.1, 0.15) is 0 Å². The van der Waals surface area contributed by atoms with Crippen LogP contribution in [-0.2, 0) is 14.6 Å². The predicted octanol–water partition coefficient (Wildman–Crippen LogP) is 5.56. The topological polar surface area (TPSA) is 43.4 Å². The van der Waals surface area contributed by atoms with Gasteiger partial charge < -0.3 is 4.74 Å². The summed E-state index contributed by atoms with van der Waals surface area (Å²) in [7, 11) is -3.60. The fourth-order valence-corrected chi connectivity index (χ4v) is 7.96. The monoisotopic (exact) mass is 448 g/mol. The molecule has 0 spiro atoms. The lowest BCUT2D eigenvalue weighted by atomic mass is 10.1. The fourth-order valence-electron chi connectivity index (χ4n) is 4.20. The van der Waals surface area contributed by atoms with Gasteiger partial charge >= 0.3 is 0 Å². The van der Waals surface area contributed by atoms with Crippen molar-refractivity contribution < 1.29 is 13.2 Å². The van der Waals surface area contributed by atoms with Crippen molar-refractivity contribution in [1.82, 2.24) is 0 Å². The summed E-state index contributed by atoms with van der Waals surface area (Å²) < 4.78 is 33.1. The highest BCUT2D eigenvalue weighted by Crippen LogP contribution is 2.56. The number of fused-ring (bicyclic) bond motifs is 2. The molecule has 6 heteroatoms. The van der Waals surface area contributed by atoms with Crippen molar-refractivity contribution in [2.45, 2.75) is 52.9 Å². The van der Waals surface area contributed by atoms with E-state index >= 15 is 0 Å². The van der Waals surface area contributed by atoms with Crippen LogP contribution in [0.5, 0.6) is 0 Å². The zero-order valence-electron chi connectivity index (χ0n) is 16.7. The minimum Gasteiger partial charge on any atom is -0.371 e. The Balaban J connectivity index is 1.71. The van der Waals surface area contributed by atoms with Crippen LogP contribution in [0.2, 0.25) is 0 Å². The van der Waals surface area contributed by atoms with Crippen molar-refractivity contribution in [3.63, 3.8) is 0 Å². The lowest BCUT2D eigenvalue weighted by Gasteiger charge is -2.29. The lowest BCUT2D eigenvalue weighted by molar-refractivity contribution is -0.0753. The van der Waals surface area contributed by atoms with E-state index in [1.165, 1.54) is 0 Å². The van der Waals surface area contributed by atoms with Crippen LogP contribution in [0, 0.1) is 11.8 Å². The molecule has 2 aliphatic carbocycles. The van der Waals surface area contributed by atoms with E-state index in [0.717, 1.165) is 4.90 Å². The number of thioether (sulfide) groups is 1. The Morgan fingerprint density at radius 1 is 0.966 bits per heavy atom. The van der Waals surface area contributed by atoms with Crippen LogP contribution in [0.25, 0.3) is 0 Å². The first-order valence-electron chi connectivity index (χ1n) is 9.74. The predicted molar refractivity (Wildman–Crippen MR) is 119 cm³/mol. The summed E-state index contributed by atoms with van der Waals surface area (Å²) in [4.78, 5) is 1.85. The maximum atomic E-state index is 13.4. The summed E-state index contributed by atoms with van der Waals surface area (Å²) in [6.45, 7) is 6.00. The Bertz CT molecular complexity index is 997. The maximum absolute atomic E-state index is 13.4. The summed E-state index contributed by atoms with van der Waals surface area (Å²) in [5.74, 6) is -0.410. The molecule has 3 nitrogen and oxygen atoms in total. The number of hydrogen-bond donors (Lipinski definition) is 0. The van der Waals surface area contributed by atoms with Gasteiger partial charge in [-0.15, -0.1) is 23.4 Å². The lowest BCUT2D eigenvalue weighted by Crippen LogP contribution is -2.33. The van der Waals surface area contributed by atoms with Crippen LogP contribution >= 0.6 is 23.4 Å². The molecule has 5 atom stereocenters. The Hall–Kier alpha value is -1.27. The van der Waals surface area contributed by atoms with E-state index in [-0.39, 0.29) is 34.2 Å². The van der Waals surface area contributed by atoms with Crippen molar-refractivity contribution in [3.8, 4) is 0 Å². The summed E-state index contributed by atoms with van der Waals surface area (Å²) in [6.07, 6.45) is 1.66. The van der Waals surface area contributed by atoms with E-state index in [2.05, 4.69) is 12.1 Å². The Morgan fingerprint density at radius 3 is 2.14 bits per heavy atom. The van der Waals surface area contributed by atoms with Crippen molar-refractivity contribution in [2.75, 3.05) is 0 Å². The maximum Gasteiger partial charge on any atom is 0.202 e. The van der Waals surface area contributed by atoms with E-state index < -0.39 is 9.84 Å². The van der Waals surface area contributed by atoms with Gasteiger partial charge in [0.15, 0.2) is 0 Å². The molecule has 0 aromatic heterocycles. The Kier molecular flexibility index (Phi) is 5.62. The molecule has 1 saturated carbocycles. The molecule has 0 saturated heterocycles. The second-order valence-corrected chi connectivity index (χ2v) is 12.2. The molecule has 154 valence electrons. The second kappa shape index (κ2) is 7.77. The van der Waals surface area contributed by atoms with E-state index in [9.17, 15) is 8.42 Å². The van der Waals surface area contributed by atoms with Gasteiger partial charge in [-0.25, -0.2) is 8.42 Å². The van der Waals surface area contributed by atoms with E-state index in [1.54, 1.807) is 36.0 Å². The smallest absolute Gasteiger partial charge is 0.202 e. The third-order valence-corrected chi connectivity index (χ3v) is 9.36. The van der Waals surface area contributed by atoms with Crippen LogP contribution in [-0.4, -0.2) is 30.7 Å². The molecule has 29 heavy (non-hydrogen) atoms. The SMILES string of the molecule is CC(C)(C)O[C@@H]1[C@H]2C=C(S(=O)(=O)c3ccccc3)[C@@H]1[C@@H](Cl)[C@@H]2Sc1ccccc1. The van der Waals surface area contributed by atoms with Crippen LogP contribution in [0.4, 0.5) is 0 Å². The van der Waals surface area contributed by atoms with Crippen LogP contribution < -0.4 is 0 Å². The standard InChI is InChI=1S/C23H25ClO3S2/c1-23(2,3)27-21-17-14-18(29(25,26)16-12-8-5-9-13-16)19(21)20(24)22(17)28-15-10-6-4-7-11-15/h4-14,17,19-22H,1-3H3/t17-,19-,20-,21-,22-/m1/s1. The molecule has 2 aromatic rings. The highest BCUT2D eigenvalue weighted by molar-refractivity contribution is 8.00. The van der Waals surface area contributed by atoms with Gasteiger partial charge in [-0.1, -0.05) is 42.5 Å². The third-order valence-electron chi connectivity index (χ3n) is 5.32. The number of halogens is 1. The fraction of sp³-hybridized carbons (Fsp3) is 0.391. The van der Waals surface area contributed by atoms with Crippen molar-refractivity contribution in [3.05, 3.63) is 71.6 Å². The summed E-state index contributed by atoms with van der Waals surface area (Å²) in [5.41, 5.74) is -0.385. The number of ether oxygens (including phenoxy) is 1. The highest BCUT2D eigenvalue weighted by atomic mass is 35.5. The largest absolute Gasteiger partial charge is 0.371 e. The number of alkyl halides is 1. The highest BCUT2D eigenvalue weighted by Gasteiger charge is 2.59. The van der Waals surface area contributed by atoms with Gasteiger partial charge in [0, 0.05) is 22.0 Å². The molecular formula is C23H25ClO3S2. The first-order valence-corrected chi connectivity index (χ1v) is 12.5. The second-order valence-electron chi connectivity index (χ2n) is 8.52. The molecule has 0 unspecified atom stereocenters. The third kappa shape index (κ3) is 4.02. The molecule has 0 amide bonds. The number of sulfone groups is 1. The number of hydrogen-bond acceptors (Lipinski definition) is 4. The average molecular weight is 449 g/mol. The molecule has 1 fully saturated rings. The molecule has 2 aromatic carbocycles. The molecular weight excluding hydrogens is 424 g/mol. The van der Waals surface area contributed by atoms with Crippen LogP contribution in [0.15, 0.2) is 81.4 Å². The zero-order chi connectivity index (χ0) is 20.8. The molecule has 4 rings (SSSR count). The normalized spacial score (nSPS) is 29.1. The Morgan fingerprint density at radius 2 is 1.55 bits per heavy atom. The molecule has 0 aliphatic heterocycles. The van der Waals surface area contributed by atoms with Gasteiger partial charge in [-0.2, -0.15) is 0 Å². The zero-order valence-corrected chi connectivity index (χ0v) is 19.0. The van der Waals surface area contributed by atoms with Crippen LogP contribution in [0.1, 0.15) is 20.8 Å². The van der Waals surface area contributed by atoms with Crippen molar-refractivity contribution in [2.24, 2.45) is 11.8 Å². The van der Waals surface area contributed by atoms with E-state index in [0.29, 0.717) is 9.80 Å². The van der Waals surface area contributed by atoms with E-state index in [4.69, 9.17) is 16.3 Å². The van der Waals surface area contributed by atoms with Crippen molar-refractivity contribution >= 4 is 33.2 Å². The molecule has 2 aliphatic rings. The summed E-state index contributed by atoms with van der Waals surface area (Å²) in [5, 5.41) is -0.262. The number of benzene rings is 2. The van der Waals surface area contributed by atoms with Crippen molar-refractivity contribution in [1.29, 1.82) is 0 Å². The first kappa shape index (κ1) is 21.0. The minimum atomic E-state index is -3.60. The van der Waals surface area contributed by atoms with Gasteiger partial charge in [0.2, 0.25) is 9.84 Å². The van der Waals surface area contributed by atoms with Crippen LogP contribution in [0.3, 0.4) is 0 Å². The summed E-state index contributed by atoms with van der Waals surface area (Å²) >= 11 is 8.64. The van der Waals surface area contributed by atoms with Gasteiger partial charge in [0.05, 0.1) is 26.9 Å². The first-order chi connectivity index (χ1) is 13.7. The minimum absolute atomic E-state index is 0.0552. The molecule has 0 heterocycles. The number of rotatable bonds is 5. The van der Waals surface area contributed by atoms with Gasteiger partial charge in [-0.05, 0) is 45.0 Å². The quantitative estimate of drug-likeness (QED) is 0.562. The molecule has 0 radical (unpaired) electrons. The van der Waals surface area contributed by atoms with Gasteiger partial charge in [-0.3, -0.25) is 0 Å². The van der Waals surface area contributed by atoms with Gasteiger partial charge in [0.25, 0.3) is 0 Å². The molecule has 2 bridgehead atoms. The molecule has 0 N–H and O–H groups in total. The Labute approximate surface area is 182 Å².